The molecule has 2 N–H and O–H groups in total. The zero-order valence-electron chi connectivity index (χ0n) is 21.5. The molecule has 4 unspecified atom stereocenters. The molecule has 7 heteroatoms. The van der Waals surface area contributed by atoms with Crippen LogP contribution in [0.3, 0.4) is 0 Å². The first-order valence-electron chi connectivity index (χ1n) is 12.6. The predicted octanol–water partition coefficient (Wildman–Crippen LogP) is 4.41. The Morgan fingerprint density at radius 2 is 1.82 bits per heavy atom. The van der Waals surface area contributed by atoms with Gasteiger partial charge in [-0.3, -0.25) is 9.59 Å². The number of quaternary nitrogens is 1. The van der Waals surface area contributed by atoms with E-state index in [1.54, 1.807) is 0 Å². The second-order valence-electron chi connectivity index (χ2n) is 10.1. The number of allylic oxidation sites excluding steroid dienone is 3. The number of hydrogen-bond acceptors (Lipinski definition) is 5. The van der Waals surface area contributed by atoms with Crippen molar-refractivity contribution >= 4 is 11.9 Å². The molecule has 0 aromatic heterocycles. The summed E-state index contributed by atoms with van der Waals surface area (Å²) in [5, 5.41) is 18.9. The molecular formula is C27H46NO6+. The molecule has 0 aromatic rings. The maximum Gasteiger partial charge on any atom is 0.307 e. The Labute approximate surface area is 205 Å². The van der Waals surface area contributed by atoms with Crippen LogP contribution in [0.1, 0.15) is 71.1 Å². The number of unbranched alkanes of at least 4 members (excludes halogenated alkanes) is 3. The molecule has 0 aromatic carbocycles. The molecule has 0 aliphatic carbocycles. The van der Waals surface area contributed by atoms with Crippen LogP contribution in [0.4, 0.5) is 0 Å². The average molecular weight is 481 g/mol. The van der Waals surface area contributed by atoms with Crippen LogP contribution >= 0.6 is 0 Å². The molecule has 34 heavy (non-hydrogen) atoms. The number of epoxide rings is 1. The van der Waals surface area contributed by atoms with Crippen molar-refractivity contribution in [1.29, 1.82) is 0 Å². The van der Waals surface area contributed by atoms with Crippen molar-refractivity contribution in [2.75, 3.05) is 27.7 Å². The van der Waals surface area contributed by atoms with E-state index in [-0.39, 0.29) is 37.1 Å². The molecule has 1 fully saturated rings. The normalized spacial score (nSPS) is 20.3. The maximum absolute atomic E-state index is 12.0. The fourth-order valence-electron chi connectivity index (χ4n) is 3.63. The SMILES string of the molecule is CCCCCC(O)/C=C/C1OC1C/C=C/C/C=C/CCCC(=O)OC(CC(=O)O)C[N+](C)(C)C. The topological polar surface area (TPSA) is 96.4 Å². The number of rotatable bonds is 19. The van der Waals surface area contributed by atoms with Gasteiger partial charge in [0.15, 0.2) is 6.10 Å². The molecule has 0 saturated carbocycles. The van der Waals surface area contributed by atoms with Crippen molar-refractivity contribution in [2.24, 2.45) is 0 Å². The van der Waals surface area contributed by atoms with Crippen LogP contribution in [0.25, 0.3) is 0 Å². The molecule has 0 amide bonds. The number of carboxylic acids is 1. The smallest absolute Gasteiger partial charge is 0.307 e. The summed E-state index contributed by atoms with van der Waals surface area (Å²) in [5.74, 6) is -1.30. The van der Waals surface area contributed by atoms with Crippen molar-refractivity contribution < 1.29 is 33.8 Å². The van der Waals surface area contributed by atoms with Gasteiger partial charge in [-0.25, -0.2) is 0 Å². The van der Waals surface area contributed by atoms with Crippen molar-refractivity contribution in [3.8, 4) is 0 Å². The first-order valence-corrected chi connectivity index (χ1v) is 12.6. The minimum atomic E-state index is -0.959. The molecule has 1 saturated heterocycles. The highest BCUT2D eigenvalue weighted by Crippen LogP contribution is 2.27. The van der Waals surface area contributed by atoms with Gasteiger partial charge < -0.3 is 24.2 Å². The van der Waals surface area contributed by atoms with E-state index in [0.29, 0.717) is 17.4 Å². The number of aliphatic hydroxyl groups excluding tert-OH is 1. The summed E-state index contributed by atoms with van der Waals surface area (Å²) in [6.45, 7) is 2.62. The third kappa shape index (κ3) is 16.6. The molecule has 194 valence electrons. The molecular weight excluding hydrogens is 434 g/mol. The number of likely N-dealkylation sites (N-methyl/N-ethyl adjacent to an activating group) is 1. The third-order valence-corrected chi connectivity index (χ3v) is 5.43. The van der Waals surface area contributed by atoms with Crippen molar-refractivity contribution in [3.05, 3.63) is 36.5 Å². The minimum Gasteiger partial charge on any atom is -0.481 e. The molecule has 1 aliphatic rings. The fraction of sp³-hybridized carbons (Fsp3) is 0.704. The monoisotopic (exact) mass is 480 g/mol. The standard InChI is InChI=1S/C27H45NO6/c1-5-6-12-15-22(29)18-19-25-24(34-25)16-13-10-8-7-9-11-14-17-27(32)33-23(20-26(30)31)21-28(2,3)4/h7,9-10,13,18-19,22-25,29H,5-6,8,11-12,14-17,20-21H2,1-4H3/p+1/b9-7+,13-10+,19-18+. The largest absolute Gasteiger partial charge is 0.481 e. The first-order chi connectivity index (χ1) is 16.1. The number of esters is 1. The van der Waals surface area contributed by atoms with E-state index < -0.39 is 12.1 Å². The van der Waals surface area contributed by atoms with Crippen molar-refractivity contribution in [1.82, 2.24) is 0 Å². The number of carboxylic acid groups (broad SMARTS) is 1. The summed E-state index contributed by atoms with van der Waals surface area (Å²) in [5.41, 5.74) is 0. The van der Waals surface area contributed by atoms with Crippen LogP contribution in [0.2, 0.25) is 0 Å². The number of nitrogens with zero attached hydrogens (tertiary/aromatic N) is 1. The summed E-state index contributed by atoms with van der Waals surface area (Å²) < 4.78 is 11.5. The van der Waals surface area contributed by atoms with Gasteiger partial charge in [0.25, 0.3) is 0 Å². The summed E-state index contributed by atoms with van der Waals surface area (Å²) in [6, 6.07) is 0. The van der Waals surface area contributed by atoms with E-state index in [1.807, 2.05) is 33.3 Å². The maximum atomic E-state index is 12.0. The molecule has 0 bridgehead atoms. The van der Waals surface area contributed by atoms with Crippen LogP contribution in [0.15, 0.2) is 36.5 Å². The van der Waals surface area contributed by atoms with Gasteiger partial charge in [0.05, 0.1) is 39.8 Å². The Balaban J connectivity index is 2.12. The van der Waals surface area contributed by atoms with E-state index >= 15 is 0 Å². The number of aliphatic carboxylic acids is 1. The Bertz CT molecular complexity index is 679. The van der Waals surface area contributed by atoms with E-state index in [2.05, 4.69) is 31.2 Å². The Morgan fingerprint density at radius 1 is 1.09 bits per heavy atom. The van der Waals surface area contributed by atoms with Gasteiger partial charge in [-0.05, 0) is 32.1 Å². The molecule has 7 nitrogen and oxygen atoms in total. The van der Waals surface area contributed by atoms with Crippen LogP contribution in [0, 0.1) is 0 Å². The third-order valence-electron chi connectivity index (χ3n) is 5.43. The van der Waals surface area contributed by atoms with Crippen molar-refractivity contribution in [2.45, 2.75) is 95.5 Å². The average Bonchev–Trinajstić information content (AvgIpc) is 3.47. The van der Waals surface area contributed by atoms with Gasteiger partial charge in [-0.2, -0.15) is 0 Å². The minimum absolute atomic E-state index is 0.123. The van der Waals surface area contributed by atoms with E-state index in [9.17, 15) is 14.7 Å². The lowest BCUT2D eigenvalue weighted by Gasteiger charge is -2.28. The lowest BCUT2D eigenvalue weighted by molar-refractivity contribution is -0.873. The number of carbonyl (C=O) groups is 2. The van der Waals surface area contributed by atoms with Crippen LogP contribution < -0.4 is 0 Å². The molecule has 1 heterocycles. The van der Waals surface area contributed by atoms with Gasteiger partial charge in [0.1, 0.15) is 12.6 Å². The molecule has 0 spiro atoms. The first kappa shape index (κ1) is 30.1. The quantitative estimate of drug-likeness (QED) is 0.0935. The number of ether oxygens (including phenoxy) is 2. The van der Waals surface area contributed by atoms with Crippen LogP contribution in [-0.4, -0.2) is 78.7 Å². The summed E-state index contributed by atoms with van der Waals surface area (Å²) >= 11 is 0. The highest BCUT2D eigenvalue weighted by atomic mass is 16.6. The zero-order valence-corrected chi connectivity index (χ0v) is 21.5. The van der Waals surface area contributed by atoms with Gasteiger partial charge in [0, 0.05) is 6.42 Å². The van der Waals surface area contributed by atoms with E-state index in [1.165, 1.54) is 0 Å². The van der Waals surface area contributed by atoms with Gasteiger partial charge >= 0.3 is 11.9 Å². The van der Waals surface area contributed by atoms with Gasteiger partial charge in [-0.1, -0.05) is 62.6 Å². The summed E-state index contributed by atoms with van der Waals surface area (Å²) in [4.78, 5) is 23.0. The van der Waals surface area contributed by atoms with E-state index in [4.69, 9.17) is 14.6 Å². The molecule has 1 aliphatic heterocycles. The predicted molar refractivity (Wildman–Crippen MR) is 134 cm³/mol. The summed E-state index contributed by atoms with van der Waals surface area (Å²) in [7, 11) is 5.82. The second kappa shape index (κ2) is 16.6. The summed E-state index contributed by atoms with van der Waals surface area (Å²) in [6.07, 6.45) is 19.0. The zero-order chi connectivity index (χ0) is 25.4. The number of carbonyl (C=O) groups excluding carboxylic acids is 1. The van der Waals surface area contributed by atoms with Crippen LogP contribution in [-0.2, 0) is 19.1 Å². The van der Waals surface area contributed by atoms with E-state index in [0.717, 1.165) is 44.9 Å². The highest BCUT2D eigenvalue weighted by Gasteiger charge is 2.35. The van der Waals surface area contributed by atoms with Gasteiger partial charge in [0.2, 0.25) is 0 Å². The lowest BCUT2D eigenvalue weighted by atomic mass is 10.1. The van der Waals surface area contributed by atoms with Gasteiger partial charge in [-0.15, -0.1) is 0 Å². The Kier molecular flexibility index (Phi) is 14.7. The molecule has 4 atom stereocenters. The molecule has 0 radical (unpaired) electrons. The number of aliphatic hydroxyl groups is 1. The van der Waals surface area contributed by atoms with Crippen molar-refractivity contribution in [3.63, 3.8) is 0 Å². The lowest BCUT2D eigenvalue weighted by Crippen LogP contribution is -2.43. The Hall–Kier alpha value is -1.96. The molecule has 1 rings (SSSR count). The second-order valence-corrected chi connectivity index (χ2v) is 10.1. The van der Waals surface area contributed by atoms with Crippen LogP contribution in [0.5, 0.6) is 0 Å². The Morgan fingerprint density at radius 3 is 2.50 bits per heavy atom. The number of hydrogen-bond donors (Lipinski definition) is 2. The fourth-order valence-corrected chi connectivity index (χ4v) is 3.63. The highest BCUT2D eigenvalue weighted by molar-refractivity contribution is 5.71.